The molecule has 2 aromatic rings. The fraction of sp³-hybridized carbons (Fsp3) is 0.267. The van der Waals surface area contributed by atoms with Crippen molar-refractivity contribution in [2.45, 2.75) is 26.8 Å². The van der Waals surface area contributed by atoms with Gasteiger partial charge in [0.1, 0.15) is 5.76 Å². The third-order valence-electron chi connectivity index (χ3n) is 2.55. The molecule has 0 aliphatic rings. The molecule has 0 bridgehead atoms. The Balaban J connectivity index is 2.23. The van der Waals surface area contributed by atoms with Crippen molar-refractivity contribution in [2.75, 3.05) is 0 Å². The lowest BCUT2D eigenvalue weighted by molar-refractivity contribution is 0.0916. The first kappa shape index (κ1) is 12.4. The van der Waals surface area contributed by atoms with Crippen LogP contribution in [0.25, 0.3) is 11.3 Å². The predicted molar refractivity (Wildman–Crippen MR) is 71.5 cm³/mol. The van der Waals surface area contributed by atoms with Crippen molar-refractivity contribution in [3.05, 3.63) is 47.7 Å². The van der Waals surface area contributed by atoms with Gasteiger partial charge >= 0.3 is 0 Å². The Labute approximate surface area is 107 Å². The second kappa shape index (κ2) is 5.08. The van der Waals surface area contributed by atoms with Crippen LogP contribution in [0.3, 0.4) is 0 Å². The second-order valence-electron chi connectivity index (χ2n) is 4.66. The van der Waals surface area contributed by atoms with Gasteiger partial charge < -0.3 is 9.73 Å². The summed E-state index contributed by atoms with van der Waals surface area (Å²) >= 11 is 0. The highest BCUT2D eigenvalue weighted by atomic mass is 16.3. The van der Waals surface area contributed by atoms with Crippen LogP contribution in [0.5, 0.6) is 0 Å². The van der Waals surface area contributed by atoms with E-state index >= 15 is 0 Å². The third kappa shape index (κ3) is 2.80. The largest absolute Gasteiger partial charge is 0.451 e. The molecule has 0 radical (unpaired) electrons. The Kier molecular flexibility index (Phi) is 3.51. The third-order valence-corrected chi connectivity index (χ3v) is 2.55. The summed E-state index contributed by atoms with van der Waals surface area (Å²) in [4.78, 5) is 11.8. The molecule has 1 N–H and O–H groups in total. The van der Waals surface area contributed by atoms with E-state index in [9.17, 15) is 4.79 Å². The first-order chi connectivity index (χ1) is 8.56. The van der Waals surface area contributed by atoms with E-state index in [4.69, 9.17) is 4.42 Å². The lowest BCUT2D eigenvalue weighted by atomic mass is 10.1. The average Bonchev–Trinajstić information content (AvgIpc) is 2.77. The molecular weight excluding hydrogens is 226 g/mol. The summed E-state index contributed by atoms with van der Waals surface area (Å²) in [7, 11) is 0. The maximum atomic E-state index is 11.8. The van der Waals surface area contributed by atoms with Crippen molar-refractivity contribution in [2.24, 2.45) is 0 Å². The van der Waals surface area contributed by atoms with Crippen LogP contribution in [0, 0.1) is 6.92 Å². The van der Waals surface area contributed by atoms with E-state index in [1.165, 1.54) is 0 Å². The number of rotatable bonds is 3. The highest BCUT2D eigenvalue weighted by molar-refractivity contribution is 5.92. The summed E-state index contributed by atoms with van der Waals surface area (Å²) in [6.45, 7) is 5.86. The zero-order chi connectivity index (χ0) is 13.1. The monoisotopic (exact) mass is 243 g/mol. The molecule has 0 fully saturated rings. The molecule has 94 valence electrons. The maximum Gasteiger partial charge on any atom is 0.287 e. The topological polar surface area (TPSA) is 42.2 Å². The molecule has 0 saturated heterocycles. The molecule has 0 aliphatic heterocycles. The van der Waals surface area contributed by atoms with Gasteiger partial charge in [-0.2, -0.15) is 0 Å². The van der Waals surface area contributed by atoms with Gasteiger partial charge in [-0.25, -0.2) is 0 Å². The van der Waals surface area contributed by atoms with E-state index in [1.54, 1.807) is 6.07 Å². The minimum absolute atomic E-state index is 0.102. The molecule has 2 rings (SSSR count). The average molecular weight is 243 g/mol. The van der Waals surface area contributed by atoms with Crippen LogP contribution in [0.2, 0.25) is 0 Å². The van der Waals surface area contributed by atoms with Crippen LogP contribution in [0.4, 0.5) is 0 Å². The highest BCUT2D eigenvalue weighted by Gasteiger charge is 2.12. The quantitative estimate of drug-likeness (QED) is 0.897. The molecule has 0 unspecified atom stereocenters. The normalized spacial score (nSPS) is 10.7. The number of benzene rings is 1. The zero-order valence-electron chi connectivity index (χ0n) is 10.9. The first-order valence-electron chi connectivity index (χ1n) is 6.04. The second-order valence-corrected chi connectivity index (χ2v) is 4.66. The van der Waals surface area contributed by atoms with E-state index in [-0.39, 0.29) is 11.9 Å². The van der Waals surface area contributed by atoms with Crippen LogP contribution in [0.1, 0.15) is 30.0 Å². The number of hydrogen-bond donors (Lipinski definition) is 1. The van der Waals surface area contributed by atoms with Gasteiger partial charge in [0.05, 0.1) is 0 Å². The molecule has 1 aromatic carbocycles. The van der Waals surface area contributed by atoms with Crippen LogP contribution in [-0.4, -0.2) is 11.9 Å². The van der Waals surface area contributed by atoms with E-state index in [2.05, 4.69) is 5.32 Å². The first-order valence-corrected chi connectivity index (χ1v) is 6.04. The van der Waals surface area contributed by atoms with Gasteiger partial charge in [0, 0.05) is 11.6 Å². The van der Waals surface area contributed by atoms with Crippen molar-refractivity contribution in [3.63, 3.8) is 0 Å². The lowest BCUT2D eigenvalue weighted by Gasteiger charge is -2.05. The lowest BCUT2D eigenvalue weighted by Crippen LogP contribution is -2.29. The molecule has 1 heterocycles. The summed E-state index contributed by atoms with van der Waals surface area (Å²) in [5.74, 6) is 0.886. The number of carbonyl (C=O) groups excluding carboxylic acids is 1. The molecule has 1 aromatic heterocycles. The summed E-state index contributed by atoms with van der Waals surface area (Å²) in [6.07, 6.45) is 0. The molecule has 3 heteroatoms. The van der Waals surface area contributed by atoms with Gasteiger partial charge in [0.15, 0.2) is 5.76 Å². The Morgan fingerprint density at radius 3 is 2.67 bits per heavy atom. The van der Waals surface area contributed by atoms with Gasteiger partial charge in [0.2, 0.25) is 0 Å². The molecule has 1 amide bonds. The Morgan fingerprint density at radius 1 is 1.22 bits per heavy atom. The summed E-state index contributed by atoms with van der Waals surface area (Å²) < 4.78 is 5.58. The van der Waals surface area contributed by atoms with Crippen LogP contribution in [0.15, 0.2) is 40.8 Å². The SMILES string of the molecule is Cc1cccc(-c2ccc(C(=O)NC(C)C)o2)c1. The van der Waals surface area contributed by atoms with Gasteiger partial charge in [-0.1, -0.05) is 23.8 Å². The molecule has 0 atom stereocenters. The number of aryl methyl sites for hydroxylation is 1. The summed E-state index contributed by atoms with van der Waals surface area (Å²) in [5.41, 5.74) is 2.15. The fourth-order valence-electron chi connectivity index (χ4n) is 1.75. The summed E-state index contributed by atoms with van der Waals surface area (Å²) in [6, 6.07) is 11.6. The van der Waals surface area contributed by atoms with Crippen molar-refractivity contribution >= 4 is 5.91 Å². The smallest absolute Gasteiger partial charge is 0.287 e. The zero-order valence-corrected chi connectivity index (χ0v) is 10.9. The standard InChI is InChI=1S/C15H17NO2/c1-10(2)16-15(17)14-8-7-13(18-14)12-6-4-5-11(3)9-12/h4-10H,1-3H3,(H,16,17). The Morgan fingerprint density at radius 2 is 2.00 bits per heavy atom. The van der Waals surface area contributed by atoms with Crippen LogP contribution in [-0.2, 0) is 0 Å². The summed E-state index contributed by atoms with van der Waals surface area (Å²) in [5, 5.41) is 2.80. The van der Waals surface area contributed by atoms with Crippen molar-refractivity contribution < 1.29 is 9.21 Å². The molecular formula is C15H17NO2. The van der Waals surface area contributed by atoms with E-state index in [0.717, 1.165) is 11.1 Å². The Hall–Kier alpha value is -2.03. The number of amides is 1. The molecule has 0 spiro atoms. The molecule has 0 aliphatic carbocycles. The maximum absolute atomic E-state index is 11.8. The van der Waals surface area contributed by atoms with Gasteiger partial charge in [-0.3, -0.25) is 4.79 Å². The van der Waals surface area contributed by atoms with Gasteiger partial charge in [0.25, 0.3) is 5.91 Å². The van der Waals surface area contributed by atoms with Crippen molar-refractivity contribution in [3.8, 4) is 11.3 Å². The van der Waals surface area contributed by atoms with Gasteiger partial charge in [-0.05, 0) is 39.0 Å². The van der Waals surface area contributed by atoms with Crippen LogP contribution >= 0.6 is 0 Å². The Bertz CT molecular complexity index is 555. The van der Waals surface area contributed by atoms with E-state index < -0.39 is 0 Å². The number of furan rings is 1. The fourth-order valence-corrected chi connectivity index (χ4v) is 1.75. The minimum Gasteiger partial charge on any atom is -0.451 e. The van der Waals surface area contributed by atoms with Crippen molar-refractivity contribution in [1.82, 2.24) is 5.32 Å². The van der Waals surface area contributed by atoms with E-state index in [0.29, 0.717) is 11.5 Å². The highest BCUT2D eigenvalue weighted by Crippen LogP contribution is 2.22. The van der Waals surface area contributed by atoms with Gasteiger partial charge in [-0.15, -0.1) is 0 Å². The number of nitrogens with one attached hydrogen (secondary N) is 1. The molecule has 0 saturated carbocycles. The van der Waals surface area contributed by atoms with Crippen molar-refractivity contribution in [1.29, 1.82) is 0 Å². The number of hydrogen-bond acceptors (Lipinski definition) is 2. The predicted octanol–water partition coefficient (Wildman–Crippen LogP) is 3.39. The van der Waals surface area contributed by atoms with Crippen LogP contribution < -0.4 is 5.32 Å². The molecule has 3 nitrogen and oxygen atoms in total. The minimum atomic E-state index is -0.177. The molecule has 18 heavy (non-hydrogen) atoms. The van der Waals surface area contributed by atoms with E-state index in [1.807, 2.05) is 51.1 Å². The number of carbonyl (C=O) groups is 1.